The van der Waals surface area contributed by atoms with E-state index >= 15 is 0 Å². The topological polar surface area (TPSA) is 64.6 Å². The van der Waals surface area contributed by atoms with E-state index in [1.807, 2.05) is 13.8 Å². The lowest BCUT2D eigenvalue weighted by Crippen LogP contribution is -2.47. The van der Waals surface area contributed by atoms with Crippen LogP contribution >= 0.6 is 0 Å². The van der Waals surface area contributed by atoms with Crippen molar-refractivity contribution in [2.24, 2.45) is 11.8 Å². The summed E-state index contributed by atoms with van der Waals surface area (Å²) in [6, 6.07) is -0.571. The minimum absolute atomic E-state index is 0.0127. The van der Waals surface area contributed by atoms with Crippen molar-refractivity contribution in [3.8, 4) is 0 Å². The third-order valence-corrected chi connectivity index (χ3v) is 2.72. The van der Waals surface area contributed by atoms with E-state index < -0.39 is 12.0 Å². The van der Waals surface area contributed by atoms with Gasteiger partial charge in [-0.15, -0.1) is 0 Å². The molecule has 5 heteroatoms. The molecule has 1 unspecified atom stereocenters. The fourth-order valence-corrected chi connectivity index (χ4v) is 1.64. The minimum Gasteiger partial charge on any atom is -0.467 e. The molecule has 0 saturated carbocycles. The number of ether oxygens (including phenoxy) is 2. The van der Waals surface area contributed by atoms with Crippen LogP contribution in [0.25, 0.3) is 0 Å². The lowest BCUT2D eigenvalue weighted by molar-refractivity contribution is -0.146. The summed E-state index contributed by atoms with van der Waals surface area (Å²) in [5.74, 6) is -0.645. The SMILES string of the molecule is COC(=O)[C@@H](NC(=O)C1CCOC1)C(C)C. The van der Waals surface area contributed by atoms with Crippen molar-refractivity contribution >= 4 is 11.9 Å². The number of rotatable bonds is 4. The second-order valence-corrected chi connectivity index (χ2v) is 4.31. The van der Waals surface area contributed by atoms with Crippen molar-refractivity contribution in [1.29, 1.82) is 0 Å². The van der Waals surface area contributed by atoms with Gasteiger partial charge in [0, 0.05) is 6.61 Å². The maximum atomic E-state index is 11.8. The summed E-state index contributed by atoms with van der Waals surface area (Å²) in [5.41, 5.74) is 0. The Bertz CT molecular complexity index is 259. The molecule has 0 radical (unpaired) electrons. The smallest absolute Gasteiger partial charge is 0.328 e. The van der Waals surface area contributed by atoms with Crippen LogP contribution in [0.2, 0.25) is 0 Å². The highest BCUT2D eigenvalue weighted by atomic mass is 16.5. The molecule has 0 aromatic rings. The summed E-state index contributed by atoms with van der Waals surface area (Å²) in [6.07, 6.45) is 0.720. The van der Waals surface area contributed by atoms with Gasteiger partial charge in [0.25, 0.3) is 0 Å². The summed E-state index contributed by atoms with van der Waals surface area (Å²) < 4.78 is 9.78. The van der Waals surface area contributed by atoms with Gasteiger partial charge in [0.15, 0.2) is 0 Å². The fraction of sp³-hybridized carbons (Fsp3) is 0.818. The van der Waals surface area contributed by atoms with Crippen molar-refractivity contribution in [3.05, 3.63) is 0 Å². The van der Waals surface area contributed by atoms with E-state index in [9.17, 15) is 9.59 Å². The van der Waals surface area contributed by atoms with E-state index in [0.29, 0.717) is 13.2 Å². The number of methoxy groups -OCH3 is 1. The maximum Gasteiger partial charge on any atom is 0.328 e. The Hall–Kier alpha value is -1.10. The van der Waals surface area contributed by atoms with E-state index in [-0.39, 0.29) is 17.7 Å². The van der Waals surface area contributed by atoms with Gasteiger partial charge in [0.05, 0.1) is 19.6 Å². The van der Waals surface area contributed by atoms with Crippen LogP contribution in [0.15, 0.2) is 0 Å². The van der Waals surface area contributed by atoms with Gasteiger partial charge in [-0.25, -0.2) is 4.79 Å². The second kappa shape index (κ2) is 5.84. The van der Waals surface area contributed by atoms with Crippen LogP contribution in [-0.4, -0.2) is 38.2 Å². The van der Waals surface area contributed by atoms with Crippen LogP contribution in [0.5, 0.6) is 0 Å². The zero-order chi connectivity index (χ0) is 12.1. The zero-order valence-electron chi connectivity index (χ0n) is 9.99. The third-order valence-electron chi connectivity index (χ3n) is 2.72. The summed E-state index contributed by atoms with van der Waals surface area (Å²) in [5, 5.41) is 2.72. The molecule has 1 rings (SSSR count). The predicted octanol–water partition coefficient (Wildman–Crippen LogP) is 0.337. The van der Waals surface area contributed by atoms with Crippen LogP contribution in [0, 0.1) is 11.8 Å². The van der Waals surface area contributed by atoms with E-state index in [2.05, 4.69) is 10.1 Å². The Kier molecular flexibility index (Phi) is 4.73. The van der Waals surface area contributed by atoms with Crippen molar-refractivity contribution in [3.63, 3.8) is 0 Å². The first kappa shape index (κ1) is 13.0. The number of amides is 1. The molecule has 5 nitrogen and oxygen atoms in total. The molecule has 1 fully saturated rings. The van der Waals surface area contributed by atoms with Crippen molar-refractivity contribution < 1.29 is 19.1 Å². The molecule has 1 N–H and O–H groups in total. The number of hydrogen-bond donors (Lipinski definition) is 1. The van der Waals surface area contributed by atoms with Gasteiger partial charge >= 0.3 is 5.97 Å². The van der Waals surface area contributed by atoms with Gasteiger partial charge < -0.3 is 14.8 Å². The lowest BCUT2D eigenvalue weighted by atomic mass is 10.0. The molecule has 1 saturated heterocycles. The van der Waals surface area contributed by atoms with Gasteiger partial charge in [-0.05, 0) is 12.3 Å². The van der Waals surface area contributed by atoms with Crippen LogP contribution in [0.3, 0.4) is 0 Å². The van der Waals surface area contributed by atoms with Gasteiger partial charge in [-0.3, -0.25) is 4.79 Å². The Morgan fingerprint density at radius 3 is 2.56 bits per heavy atom. The molecule has 1 aliphatic rings. The third kappa shape index (κ3) is 3.20. The molecule has 0 aromatic heterocycles. The van der Waals surface area contributed by atoms with E-state index in [1.165, 1.54) is 7.11 Å². The average Bonchev–Trinajstić information content (AvgIpc) is 2.77. The molecule has 16 heavy (non-hydrogen) atoms. The molecule has 2 atom stereocenters. The van der Waals surface area contributed by atoms with Gasteiger partial charge in [-0.2, -0.15) is 0 Å². The maximum absolute atomic E-state index is 11.8. The Balaban J connectivity index is 2.53. The van der Waals surface area contributed by atoms with Crippen molar-refractivity contribution in [2.45, 2.75) is 26.3 Å². The van der Waals surface area contributed by atoms with Gasteiger partial charge in [0.1, 0.15) is 6.04 Å². The van der Waals surface area contributed by atoms with E-state index in [4.69, 9.17) is 4.74 Å². The Morgan fingerprint density at radius 2 is 2.12 bits per heavy atom. The van der Waals surface area contributed by atoms with Crippen LogP contribution in [0.1, 0.15) is 20.3 Å². The van der Waals surface area contributed by atoms with Crippen LogP contribution in [-0.2, 0) is 19.1 Å². The molecule has 0 bridgehead atoms. The first-order chi connectivity index (χ1) is 7.56. The van der Waals surface area contributed by atoms with Gasteiger partial charge in [0.2, 0.25) is 5.91 Å². The largest absolute Gasteiger partial charge is 0.467 e. The highest BCUT2D eigenvalue weighted by Gasteiger charge is 2.30. The summed E-state index contributed by atoms with van der Waals surface area (Å²) in [7, 11) is 1.32. The minimum atomic E-state index is -0.571. The van der Waals surface area contributed by atoms with Crippen LogP contribution < -0.4 is 5.32 Å². The molecule has 1 amide bonds. The molecular weight excluding hydrogens is 210 g/mol. The molecule has 0 aromatic carbocycles. The molecule has 0 aliphatic carbocycles. The fourth-order valence-electron chi connectivity index (χ4n) is 1.64. The highest BCUT2D eigenvalue weighted by Crippen LogP contribution is 2.13. The molecular formula is C11H19NO4. The standard InChI is InChI=1S/C11H19NO4/c1-7(2)9(11(14)15-3)12-10(13)8-4-5-16-6-8/h7-9H,4-6H2,1-3H3,(H,12,13)/t8?,9-/m0/s1. The number of nitrogens with one attached hydrogen (secondary N) is 1. The first-order valence-corrected chi connectivity index (χ1v) is 5.52. The Labute approximate surface area is 95.5 Å². The molecule has 1 aliphatic heterocycles. The Morgan fingerprint density at radius 1 is 1.44 bits per heavy atom. The van der Waals surface area contributed by atoms with Crippen molar-refractivity contribution in [1.82, 2.24) is 5.32 Å². The molecule has 1 heterocycles. The molecule has 92 valence electrons. The number of carbonyl (C=O) groups is 2. The number of carbonyl (C=O) groups excluding carboxylic acids is 2. The normalized spacial score (nSPS) is 21.9. The van der Waals surface area contributed by atoms with E-state index in [0.717, 1.165) is 6.42 Å². The summed E-state index contributed by atoms with van der Waals surface area (Å²) in [6.45, 7) is 4.79. The quantitative estimate of drug-likeness (QED) is 0.706. The lowest BCUT2D eigenvalue weighted by Gasteiger charge is -2.21. The first-order valence-electron chi connectivity index (χ1n) is 5.52. The molecule has 0 spiro atoms. The average molecular weight is 229 g/mol. The van der Waals surface area contributed by atoms with Crippen LogP contribution in [0.4, 0.5) is 0 Å². The van der Waals surface area contributed by atoms with E-state index in [1.54, 1.807) is 0 Å². The zero-order valence-corrected chi connectivity index (χ0v) is 9.99. The summed E-state index contributed by atoms with van der Waals surface area (Å²) in [4.78, 5) is 23.2. The number of esters is 1. The monoisotopic (exact) mass is 229 g/mol. The second-order valence-electron chi connectivity index (χ2n) is 4.31. The van der Waals surface area contributed by atoms with Gasteiger partial charge in [-0.1, -0.05) is 13.8 Å². The predicted molar refractivity (Wildman–Crippen MR) is 57.7 cm³/mol. The van der Waals surface area contributed by atoms with Crippen molar-refractivity contribution in [2.75, 3.05) is 20.3 Å². The highest BCUT2D eigenvalue weighted by molar-refractivity contribution is 5.86. The number of hydrogen-bond acceptors (Lipinski definition) is 4. The summed E-state index contributed by atoms with van der Waals surface area (Å²) >= 11 is 0.